The van der Waals surface area contributed by atoms with Gasteiger partial charge in [-0.25, -0.2) is 0 Å². The van der Waals surface area contributed by atoms with Crippen LogP contribution in [0.4, 0.5) is 0 Å². The number of carbonyl (C=O) groups is 1. The van der Waals surface area contributed by atoms with Gasteiger partial charge in [-0.3, -0.25) is 4.79 Å². The van der Waals surface area contributed by atoms with Crippen molar-refractivity contribution in [2.75, 3.05) is 14.2 Å². The lowest BCUT2D eigenvalue weighted by molar-refractivity contribution is 0.103. The van der Waals surface area contributed by atoms with E-state index in [1.165, 1.54) is 0 Å². The van der Waals surface area contributed by atoms with Crippen molar-refractivity contribution in [1.82, 2.24) is 0 Å². The molecule has 0 aliphatic rings. The molecule has 1 aromatic carbocycles. The second-order valence-electron chi connectivity index (χ2n) is 4.61. The summed E-state index contributed by atoms with van der Waals surface area (Å²) >= 11 is 0. The van der Waals surface area contributed by atoms with Gasteiger partial charge in [0, 0.05) is 5.56 Å². The van der Waals surface area contributed by atoms with Crippen LogP contribution in [0.1, 0.15) is 33.0 Å². The van der Waals surface area contributed by atoms with Crippen LogP contribution in [0.15, 0.2) is 22.6 Å². The first-order chi connectivity index (χ1) is 9.49. The molecule has 2 rings (SSSR count). The first-order valence-electron chi connectivity index (χ1n) is 6.33. The highest BCUT2D eigenvalue weighted by Crippen LogP contribution is 2.30. The van der Waals surface area contributed by atoms with Gasteiger partial charge in [0.05, 0.1) is 25.3 Å². The summed E-state index contributed by atoms with van der Waals surface area (Å²) in [6, 6.07) is 5.17. The number of aryl methyl sites for hydroxylation is 2. The zero-order valence-electron chi connectivity index (χ0n) is 12.4. The molecule has 20 heavy (non-hydrogen) atoms. The van der Waals surface area contributed by atoms with Gasteiger partial charge in [-0.2, -0.15) is 0 Å². The predicted octanol–water partition coefficient (Wildman–Crippen LogP) is 3.45. The smallest absolute Gasteiger partial charge is 0.200 e. The van der Waals surface area contributed by atoms with Crippen molar-refractivity contribution in [2.24, 2.45) is 0 Å². The van der Waals surface area contributed by atoms with Gasteiger partial charge in [-0.1, -0.05) is 0 Å². The number of ketones is 1. The Hall–Kier alpha value is -2.23. The van der Waals surface area contributed by atoms with Crippen molar-refractivity contribution in [3.05, 3.63) is 46.4 Å². The Kier molecular flexibility index (Phi) is 3.84. The van der Waals surface area contributed by atoms with Crippen LogP contribution >= 0.6 is 0 Å². The third-order valence-corrected chi connectivity index (χ3v) is 3.44. The van der Waals surface area contributed by atoms with E-state index in [1.807, 2.05) is 13.8 Å². The molecule has 4 heteroatoms. The number of methoxy groups -OCH3 is 2. The summed E-state index contributed by atoms with van der Waals surface area (Å²) < 4.78 is 16.0. The lowest BCUT2D eigenvalue weighted by atomic mass is 9.99. The molecule has 4 nitrogen and oxygen atoms in total. The Morgan fingerprint density at radius 3 is 2.25 bits per heavy atom. The molecule has 0 saturated heterocycles. The zero-order valence-corrected chi connectivity index (χ0v) is 12.4. The lowest BCUT2D eigenvalue weighted by Gasteiger charge is -2.09. The lowest BCUT2D eigenvalue weighted by Crippen LogP contribution is -2.06. The molecule has 0 radical (unpaired) electrons. The number of hydrogen-bond acceptors (Lipinski definition) is 4. The fourth-order valence-electron chi connectivity index (χ4n) is 2.25. The molecule has 0 aliphatic heterocycles. The first kappa shape index (κ1) is 14.2. The van der Waals surface area contributed by atoms with E-state index >= 15 is 0 Å². The first-order valence-corrected chi connectivity index (χ1v) is 6.33. The summed E-state index contributed by atoms with van der Waals surface area (Å²) in [4.78, 5) is 12.8. The minimum absolute atomic E-state index is 0.118. The Morgan fingerprint density at radius 1 is 1.05 bits per heavy atom. The second-order valence-corrected chi connectivity index (χ2v) is 4.61. The highest BCUT2D eigenvalue weighted by Gasteiger charge is 2.23. The van der Waals surface area contributed by atoms with Gasteiger partial charge < -0.3 is 13.9 Å². The average Bonchev–Trinajstić information content (AvgIpc) is 2.70. The summed E-state index contributed by atoms with van der Waals surface area (Å²) in [5, 5.41) is 0. The number of ether oxygens (including phenoxy) is 2. The highest BCUT2D eigenvalue weighted by molar-refractivity contribution is 6.12. The molecule has 0 saturated carbocycles. The van der Waals surface area contributed by atoms with Crippen LogP contribution in [0.25, 0.3) is 0 Å². The van der Waals surface area contributed by atoms with E-state index in [9.17, 15) is 4.79 Å². The van der Waals surface area contributed by atoms with Crippen LogP contribution < -0.4 is 9.47 Å². The monoisotopic (exact) mass is 274 g/mol. The summed E-state index contributed by atoms with van der Waals surface area (Å²) in [5.41, 5.74) is 1.92. The zero-order chi connectivity index (χ0) is 14.9. The van der Waals surface area contributed by atoms with Crippen LogP contribution in [0.2, 0.25) is 0 Å². The minimum atomic E-state index is -0.118. The van der Waals surface area contributed by atoms with E-state index in [2.05, 4.69) is 0 Å². The van der Waals surface area contributed by atoms with Gasteiger partial charge in [0.15, 0.2) is 0 Å². The minimum Gasteiger partial charge on any atom is -0.497 e. The van der Waals surface area contributed by atoms with Crippen molar-refractivity contribution in [3.8, 4) is 11.5 Å². The number of carbonyl (C=O) groups excluding carboxylic acids is 1. The van der Waals surface area contributed by atoms with Crippen molar-refractivity contribution in [1.29, 1.82) is 0 Å². The van der Waals surface area contributed by atoms with Gasteiger partial charge in [0.25, 0.3) is 0 Å². The predicted molar refractivity (Wildman–Crippen MR) is 75.9 cm³/mol. The molecule has 0 atom stereocenters. The SMILES string of the molecule is COc1ccc(OC)c(C(=O)c2c(C)oc(C)c2C)c1. The maximum Gasteiger partial charge on any atom is 0.200 e. The van der Waals surface area contributed by atoms with Gasteiger partial charge in [0.1, 0.15) is 23.0 Å². The topological polar surface area (TPSA) is 48.7 Å². The number of hydrogen-bond donors (Lipinski definition) is 0. The van der Waals surface area contributed by atoms with E-state index in [1.54, 1.807) is 39.3 Å². The summed E-state index contributed by atoms with van der Waals surface area (Å²) in [6.07, 6.45) is 0. The van der Waals surface area contributed by atoms with Crippen LogP contribution in [-0.4, -0.2) is 20.0 Å². The molecule has 0 bridgehead atoms. The molecule has 2 aromatic rings. The number of furan rings is 1. The number of benzene rings is 1. The maximum absolute atomic E-state index is 12.8. The molecule has 0 spiro atoms. The Morgan fingerprint density at radius 2 is 1.75 bits per heavy atom. The van der Waals surface area contributed by atoms with Crippen LogP contribution in [0, 0.1) is 20.8 Å². The fourth-order valence-corrected chi connectivity index (χ4v) is 2.25. The molecule has 0 aliphatic carbocycles. The fraction of sp³-hybridized carbons (Fsp3) is 0.312. The van der Waals surface area contributed by atoms with Crippen LogP contribution in [0.5, 0.6) is 11.5 Å². The molecule has 0 amide bonds. The highest BCUT2D eigenvalue weighted by atomic mass is 16.5. The van der Waals surface area contributed by atoms with E-state index in [0.717, 1.165) is 11.3 Å². The van der Waals surface area contributed by atoms with Crippen molar-refractivity contribution in [3.63, 3.8) is 0 Å². The second kappa shape index (κ2) is 5.41. The largest absolute Gasteiger partial charge is 0.497 e. The van der Waals surface area contributed by atoms with E-state index in [-0.39, 0.29) is 5.78 Å². The van der Waals surface area contributed by atoms with Crippen LogP contribution in [0.3, 0.4) is 0 Å². The Balaban J connectivity index is 2.58. The summed E-state index contributed by atoms with van der Waals surface area (Å²) in [7, 11) is 3.10. The quantitative estimate of drug-likeness (QED) is 0.801. The van der Waals surface area contributed by atoms with Gasteiger partial charge in [0.2, 0.25) is 5.78 Å². The summed E-state index contributed by atoms with van der Waals surface area (Å²) in [6.45, 7) is 5.52. The third kappa shape index (κ3) is 2.29. The molecule has 0 fully saturated rings. The standard InChI is InChI=1S/C16H18O4/c1-9-10(2)20-11(3)15(9)16(17)13-8-12(18-4)6-7-14(13)19-5/h6-8H,1-5H3. The molecular formula is C16H18O4. The Labute approximate surface area is 118 Å². The molecular weight excluding hydrogens is 256 g/mol. The summed E-state index contributed by atoms with van der Waals surface area (Å²) in [5.74, 6) is 2.40. The van der Waals surface area contributed by atoms with Crippen LogP contribution in [-0.2, 0) is 0 Å². The molecule has 106 valence electrons. The molecule has 0 unspecified atom stereocenters. The van der Waals surface area contributed by atoms with Crippen molar-refractivity contribution >= 4 is 5.78 Å². The Bertz CT molecular complexity index is 653. The van der Waals surface area contributed by atoms with Gasteiger partial charge in [-0.15, -0.1) is 0 Å². The molecule has 1 aromatic heterocycles. The number of rotatable bonds is 4. The van der Waals surface area contributed by atoms with Crippen molar-refractivity contribution in [2.45, 2.75) is 20.8 Å². The maximum atomic E-state index is 12.8. The van der Waals surface area contributed by atoms with Crippen molar-refractivity contribution < 1.29 is 18.7 Å². The normalized spacial score (nSPS) is 10.4. The third-order valence-electron chi connectivity index (χ3n) is 3.44. The van der Waals surface area contributed by atoms with Gasteiger partial charge >= 0.3 is 0 Å². The average molecular weight is 274 g/mol. The molecule has 1 heterocycles. The molecule has 0 N–H and O–H groups in total. The van der Waals surface area contributed by atoms with E-state index in [0.29, 0.717) is 28.4 Å². The van der Waals surface area contributed by atoms with E-state index in [4.69, 9.17) is 13.9 Å². The van der Waals surface area contributed by atoms with E-state index < -0.39 is 0 Å². The van der Waals surface area contributed by atoms with Gasteiger partial charge in [-0.05, 0) is 39.0 Å².